The summed E-state index contributed by atoms with van der Waals surface area (Å²) in [6.45, 7) is 0. The van der Waals surface area contributed by atoms with Gasteiger partial charge in [-0.25, -0.2) is 4.39 Å². The van der Waals surface area contributed by atoms with Crippen molar-refractivity contribution in [2.24, 2.45) is 0 Å². The van der Waals surface area contributed by atoms with Crippen molar-refractivity contribution in [3.8, 4) is 5.75 Å². The van der Waals surface area contributed by atoms with Gasteiger partial charge in [0, 0.05) is 16.1 Å². The summed E-state index contributed by atoms with van der Waals surface area (Å²) in [5, 5.41) is 10.8. The van der Waals surface area contributed by atoms with Crippen molar-refractivity contribution in [2.45, 2.75) is 6.10 Å². The molecule has 0 fully saturated rings. The Hall–Kier alpha value is -1.10. The largest absolute Gasteiger partial charge is 0.496 e. The van der Waals surface area contributed by atoms with Crippen LogP contribution in [0.5, 0.6) is 5.75 Å². The molecule has 1 unspecified atom stereocenters. The number of halogens is 3. The van der Waals surface area contributed by atoms with E-state index in [2.05, 4.69) is 15.9 Å². The van der Waals surface area contributed by atoms with Gasteiger partial charge in [-0.2, -0.15) is 0 Å². The van der Waals surface area contributed by atoms with Crippen molar-refractivity contribution in [3.63, 3.8) is 0 Å². The minimum absolute atomic E-state index is 0.176. The lowest BCUT2D eigenvalue weighted by Crippen LogP contribution is -2.05. The van der Waals surface area contributed by atoms with Gasteiger partial charge in [-0.3, -0.25) is 0 Å². The summed E-state index contributed by atoms with van der Waals surface area (Å²) in [5.74, 6) is -0.0774. The fourth-order valence-corrected chi connectivity index (χ4v) is 2.35. The first-order valence-corrected chi connectivity index (χ1v) is 6.67. The first-order chi connectivity index (χ1) is 9.04. The molecule has 0 saturated carbocycles. The van der Waals surface area contributed by atoms with E-state index in [1.807, 2.05) is 0 Å². The summed E-state index contributed by atoms with van der Waals surface area (Å²) in [6, 6.07) is 9.58. The third-order valence-corrected chi connectivity index (χ3v) is 3.61. The minimum Gasteiger partial charge on any atom is -0.496 e. The van der Waals surface area contributed by atoms with E-state index in [1.54, 1.807) is 30.3 Å². The number of hydrogen-bond donors (Lipinski definition) is 1. The van der Waals surface area contributed by atoms with Crippen molar-refractivity contribution >= 4 is 27.5 Å². The number of ether oxygens (including phenoxy) is 1. The number of aliphatic hydroxyl groups excluding tert-OH is 1. The zero-order valence-corrected chi connectivity index (χ0v) is 12.4. The molecular weight excluding hydrogens is 335 g/mol. The summed E-state index contributed by atoms with van der Waals surface area (Å²) in [7, 11) is 1.47. The summed E-state index contributed by atoms with van der Waals surface area (Å²) in [5.41, 5.74) is 0.638. The lowest BCUT2D eigenvalue weighted by Gasteiger charge is -2.16. The van der Waals surface area contributed by atoms with Crippen molar-refractivity contribution in [3.05, 3.63) is 62.8 Å². The molecule has 1 atom stereocenters. The topological polar surface area (TPSA) is 29.5 Å². The van der Waals surface area contributed by atoms with E-state index >= 15 is 0 Å². The Labute approximate surface area is 123 Å². The van der Waals surface area contributed by atoms with Crippen LogP contribution in [-0.2, 0) is 0 Å². The summed E-state index contributed by atoms with van der Waals surface area (Å²) in [6.07, 6.45) is -1.12. The molecule has 1 N–H and O–H groups in total. The van der Waals surface area contributed by atoms with Gasteiger partial charge in [0.2, 0.25) is 0 Å². The molecule has 19 heavy (non-hydrogen) atoms. The molecule has 0 spiro atoms. The first-order valence-electron chi connectivity index (χ1n) is 5.50. The van der Waals surface area contributed by atoms with Gasteiger partial charge in [-0.15, -0.1) is 0 Å². The van der Waals surface area contributed by atoms with E-state index in [0.29, 0.717) is 20.8 Å². The molecule has 2 aromatic rings. The van der Waals surface area contributed by atoms with Crippen molar-refractivity contribution in [1.82, 2.24) is 0 Å². The van der Waals surface area contributed by atoms with E-state index < -0.39 is 11.9 Å². The Morgan fingerprint density at radius 1 is 1.26 bits per heavy atom. The maximum absolute atomic E-state index is 14.0. The number of hydrogen-bond acceptors (Lipinski definition) is 2. The van der Waals surface area contributed by atoms with Gasteiger partial charge in [0.1, 0.15) is 17.7 Å². The highest BCUT2D eigenvalue weighted by Crippen LogP contribution is 2.34. The predicted octanol–water partition coefficient (Wildman–Crippen LogP) is 4.33. The molecule has 2 rings (SSSR count). The normalized spacial score (nSPS) is 12.3. The fraction of sp³-hybridized carbons (Fsp3) is 0.143. The summed E-state index contributed by atoms with van der Waals surface area (Å²) < 4.78 is 19.4. The van der Waals surface area contributed by atoms with Gasteiger partial charge in [0.15, 0.2) is 0 Å². The lowest BCUT2D eigenvalue weighted by molar-refractivity contribution is 0.209. The molecule has 0 saturated heterocycles. The van der Waals surface area contributed by atoms with Gasteiger partial charge >= 0.3 is 0 Å². The van der Waals surface area contributed by atoms with Crippen LogP contribution in [0.4, 0.5) is 4.39 Å². The zero-order chi connectivity index (χ0) is 14.0. The number of rotatable bonds is 3. The van der Waals surface area contributed by atoms with Crippen LogP contribution in [0.1, 0.15) is 17.2 Å². The Morgan fingerprint density at radius 2 is 2.00 bits per heavy atom. The molecular formula is C14H11BrClFO2. The number of benzene rings is 2. The molecule has 5 heteroatoms. The molecule has 0 bridgehead atoms. The first kappa shape index (κ1) is 14.3. The molecule has 0 amide bonds. The molecule has 0 aliphatic rings. The van der Waals surface area contributed by atoms with Gasteiger partial charge in [-0.1, -0.05) is 29.8 Å². The van der Waals surface area contributed by atoms with E-state index in [1.165, 1.54) is 13.2 Å². The van der Waals surface area contributed by atoms with Crippen molar-refractivity contribution < 1.29 is 14.2 Å². The van der Waals surface area contributed by atoms with Gasteiger partial charge < -0.3 is 9.84 Å². The van der Waals surface area contributed by atoms with Crippen LogP contribution in [-0.4, -0.2) is 12.2 Å². The maximum Gasteiger partial charge on any atom is 0.143 e. The molecule has 0 aromatic heterocycles. The fourth-order valence-electron chi connectivity index (χ4n) is 1.81. The highest BCUT2D eigenvalue weighted by atomic mass is 79.9. The average Bonchev–Trinajstić information content (AvgIpc) is 2.41. The van der Waals surface area contributed by atoms with Gasteiger partial charge in [0.25, 0.3) is 0 Å². The Balaban J connectivity index is 2.49. The second kappa shape index (κ2) is 5.90. The van der Waals surface area contributed by atoms with Gasteiger partial charge in [-0.05, 0) is 34.1 Å². The van der Waals surface area contributed by atoms with Crippen molar-refractivity contribution in [2.75, 3.05) is 7.11 Å². The highest BCUT2D eigenvalue weighted by Gasteiger charge is 2.20. The van der Waals surface area contributed by atoms with Crippen molar-refractivity contribution in [1.29, 1.82) is 0 Å². The number of methoxy groups -OCH3 is 1. The predicted molar refractivity (Wildman–Crippen MR) is 76.2 cm³/mol. The molecule has 2 aromatic carbocycles. The highest BCUT2D eigenvalue weighted by molar-refractivity contribution is 9.10. The van der Waals surface area contributed by atoms with Crippen LogP contribution < -0.4 is 4.74 Å². The number of aliphatic hydroxyl groups is 1. The van der Waals surface area contributed by atoms with E-state index in [-0.39, 0.29) is 5.56 Å². The summed E-state index contributed by atoms with van der Waals surface area (Å²) in [4.78, 5) is 0. The van der Waals surface area contributed by atoms with Crippen LogP contribution >= 0.6 is 27.5 Å². The molecule has 2 nitrogen and oxygen atoms in total. The second-order valence-corrected chi connectivity index (χ2v) is 5.22. The quantitative estimate of drug-likeness (QED) is 0.897. The molecule has 0 aliphatic heterocycles. The Morgan fingerprint density at radius 3 is 2.68 bits per heavy atom. The van der Waals surface area contributed by atoms with E-state index in [9.17, 15) is 9.50 Å². The zero-order valence-electron chi connectivity index (χ0n) is 10.0. The average molecular weight is 346 g/mol. The third-order valence-electron chi connectivity index (χ3n) is 2.77. The second-order valence-electron chi connectivity index (χ2n) is 3.93. The maximum atomic E-state index is 14.0. The monoisotopic (exact) mass is 344 g/mol. The van der Waals surface area contributed by atoms with E-state index in [4.69, 9.17) is 16.3 Å². The van der Waals surface area contributed by atoms with Crippen LogP contribution in [0, 0.1) is 5.82 Å². The lowest BCUT2D eigenvalue weighted by atomic mass is 10.0. The van der Waals surface area contributed by atoms with Crippen LogP contribution in [0.3, 0.4) is 0 Å². The van der Waals surface area contributed by atoms with Crippen LogP contribution in [0.25, 0.3) is 0 Å². The third kappa shape index (κ3) is 2.91. The molecule has 0 aliphatic carbocycles. The minimum atomic E-state index is -1.12. The smallest absolute Gasteiger partial charge is 0.143 e. The van der Waals surface area contributed by atoms with Crippen LogP contribution in [0.2, 0.25) is 5.02 Å². The Bertz CT molecular complexity index is 604. The Kier molecular flexibility index (Phi) is 4.45. The van der Waals surface area contributed by atoms with Crippen LogP contribution in [0.15, 0.2) is 40.9 Å². The SMILES string of the molecule is COc1cc(Cl)ccc1C(O)c1cccc(Br)c1F. The van der Waals surface area contributed by atoms with Gasteiger partial charge in [0.05, 0.1) is 11.6 Å². The molecule has 100 valence electrons. The molecule has 0 heterocycles. The summed E-state index contributed by atoms with van der Waals surface area (Å²) >= 11 is 8.96. The molecule has 0 radical (unpaired) electrons. The standard InChI is InChI=1S/C14H11BrClFO2/c1-19-12-7-8(16)5-6-9(12)14(18)10-3-2-4-11(15)13(10)17/h2-7,14,18H,1H3. The van der Waals surface area contributed by atoms with E-state index in [0.717, 1.165) is 0 Å².